The molecule has 2 nitrogen and oxygen atoms in total. The summed E-state index contributed by atoms with van der Waals surface area (Å²) in [6.45, 7) is 5.91. The monoisotopic (exact) mass is 172 g/mol. The molecular formula is C10H20O2. The zero-order valence-corrected chi connectivity index (χ0v) is 8.30. The maximum atomic E-state index is 9.64. The van der Waals surface area contributed by atoms with Crippen LogP contribution in [-0.2, 0) is 0 Å². The summed E-state index contributed by atoms with van der Waals surface area (Å²) in [5.74, 6) is 0. The Balaban J connectivity index is 3.68. The van der Waals surface area contributed by atoms with Crippen molar-refractivity contribution in [3.63, 3.8) is 0 Å². The van der Waals surface area contributed by atoms with Gasteiger partial charge in [-0.2, -0.15) is 0 Å². The lowest BCUT2D eigenvalue weighted by atomic mass is 9.96. The van der Waals surface area contributed by atoms with Crippen molar-refractivity contribution in [2.75, 3.05) is 6.61 Å². The van der Waals surface area contributed by atoms with Crippen molar-refractivity contribution in [3.05, 3.63) is 11.6 Å². The van der Waals surface area contributed by atoms with Crippen LogP contribution in [-0.4, -0.2) is 22.4 Å². The molecule has 72 valence electrons. The molecule has 0 saturated heterocycles. The van der Waals surface area contributed by atoms with E-state index >= 15 is 0 Å². The molecule has 0 bridgehead atoms. The molecule has 0 saturated carbocycles. The van der Waals surface area contributed by atoms with Crippen molar-refractivity contribution in [2.45, 2.75) is 45.6 Å². The number of hydrogen-bond donors (Lipinski definition) is 2. The fraction of sp³-hybridized carbons (Fsp3) is 0.800. The molecule has 0 fully saturated rings. The maximum Gasteiger partial charge on any atom is 0.0644 e. The van der Waals surface area contributed by atoms with Crippen LogP contribution in [0.5, 0.6) is 0 Å². The fourth-order valence-electron chi connectivity index (χ4n) is 1.04. The summed E-state index contributed by atoms with van der Waals surface area (Å²) in [4.78, 5) is 0. The molecule has 0 rings (SSSR count). The van der Waals surface area contributed by atoms with Gasteiger partial charge in [0.05, 0.1) is 5.60 Å². The second-order valence-corrected chi connectivity index (χ2v) is 3.79. The molecule has 0 unspecified atom stereocenters. The molecule has 0 aromatic carbocycles. The highest BCUT2D eigenvalue weighted by Crippen LogP contribution is 2.16. The normalized spacial score (nSPS) is 15.4. The van der Waals surface area contributed by atoms with Crippen LogP contribution in [0.4, 0.5) is 0 Å². The minimum Gasteiger partial charge on any atom is -0.396 e. The quantitative estimate of drug-likeness (QED) is 0.621. The minimum absolute atomic E-state index is 0.0574. The summed E-state index contributed by atoms with van der Waals surface area (Å²) in [5, 5.41) is 18.3. The first-order valence-electron chi connectivity index (χ1n) is 4.44. The summed E-state index contributed by atoms with van der Waals surface area (Å²) in [5.41, 5.74) is 0.565. The molecule has 0 spiro atoms. The minimum atomic E-state index is -0.708. The Morgan fingerprint density at radius 3 is 2.33 bits per heavy atom. The van der Waals surface area contributed by atoms with Crippen LogP contribution in [0.1, 0.15) is 40.0 Å². The van der Waals surface area contributed by atoms with Crippen LogP contribution in [0.3, 0.4) is 0 Å². The maximum absolute atomic E-state index is 9.64. The molecule has 0 aliphatic rings. The molecule has 0 aliphatic heterocycles. The van der Waals surface area contributed by atoms with E-state index in [9.17, 15) is 5.11 Å². The Morgan fingerprint density at radius 2 is 1.92 bits per heavy atom. The van der Waals surface area contributed by atoms with Crippen LogP contribution in [0.25, 0.3) is 0 Å². The number of aliphatic hydroxyl groups excluding tert-OH is 1. The standard InChI is InChI=1S/C10H20O2/c1-9(2)5-4-6-10(3,12)7-8-11/h5,11-12H,4,6-8H2,1-3H3/t10-/m1/s1. The van der Waals surface area contributed by atoms with Gasteiger partial charge in [0.2, 0.25) is 0 Å². The lowest BCUT2D eigenvalue weighted by Gasteiger charge is -2.21. The van der Waals surface area contributed by atoms with Crippen molar-refractivity contribution in [1.29, 1.82) is 0 Å². The summed E-state index contributed by atoms with van der Waals surface area (Å²) in [6.07, 6.45) is 4.17. The van der Waals surface area contributed by atoms with Gasteiger partial charge in [0.25, 0.3) is 0 Å². The van der Waals surface area contributed by atoms with Gasteiger partial charge in [0.15, 0.2) is 0 Å². The molecule has 2 N–H and O–H groups in total. The zero-order chi connectivity index (χ0) is 9.61. The van der Waals surface area contributed by atoms with Crippen LogP contribution >= 0.6 is 0 Å². The molecule has 0 aromatic heterocycles. The highest BCUT2D eigenvalue weighted by Gasteiger charge is 2.17. The van der Waals surface area contributed by atoms with Crippen molar-refractivity contribution in [2.24, 2.45) is 0 Å². The predicted octanol–water partition coefficient (Wildman–Crippen LogP) is 1.87. The summed E-state index contributed by atoms with van der Waals surface area (Å²) < 4.78 is 0. The fourth-order valence-corrected chi connectivity index (χ4v) is 1.04. The molecule has 12 heavy (non-hydrogen) atoms. The van der Waals surface area contributed by atoms with Gasteiger partial charge in [-0.25, -0.2) is 0 Å². The Bertz CT molecular complexity index is 144. The average Bonchev–Trinajstić information content (AvgIpc) is 1.85. The van der Waals surface area contributed by atoms with Crippen molar-refractivity contribution >= 4 is 0 Å². The molecular weight excluding hydrogens is 152 g/mol. The smallest absolute Gasteiger partial charge is 0.0644 e. The first-order valence-corrected chi connectivity index (χ1v) is 4.44. The van der Waals surface area contributed by atoms with E-state index in [1.165, 1.54) is 5.57 Å². The number of hydrogen-bond acceptors (Lipinski definition) is 2. The first kappa shape index (κ1) is 11.7. The molecule has 0 aromatic rings. The summed E-state index contributed by atoms with van der Waals surface area (Å²) in [6, 6.07) is 0. The average molecular weight is 172 g/mol. The Labute approximate surface area is 74.9 Å². The highest BCUT2D eigenvalue weighted by atomic mass is 16.3. The Morgan fingerprint density at radius 1 is 1.33 bits per heavy atom. The Hall–Kier alpha value is -0.340. The van der Waals surface area contributed by atoms with E-state index in [0.29, 0.717) is 6.42 Å². The summed E-state index contributed by atoms with van der Waals surface area (Å²) >= 11 is 0. The molecule has 2 heteroatoms. The largest absolute Gasteiger partial charge is 0.396 e. The summed E-state index contributed by atoms with van der Waals surface area (Å²) in [7, 11) is 0. The van der Waals surface area contributed by atoms with E-state index in [4.69, 9.17) is 5.11 Å². The van der Waals surface area contributed by atoms with E-state index in [-0.39, 0.29) is 6.61 Å². The third-order valence-electron chi connectivity index (χ3n) is 1.89. The van der Waals surface area contributed by atoms with Crippen molar-refractivity contribution in [3.8, 4) is 0 Å². The second-order valence-electron chi connectivity index (χ2n) is 3.79. The molecule has 0 radical (unpaired) electrons. The number of aliphatic hydroxyl groups is 2. The lowest BCUT2D eigenvalue weighted by molar-refractivity contribution is 0.0264. The zero-order valence-electron chi connectivity index (χ0n) is 8.30. The molecule has 0 heterocycles. The van der Waals surface area contributed by atoms with Gasteiger partial charge in [0.1, 0.15) is 0 Å². The second kappa shape index (κ2) is 5.33. The van der Waals surface area contributed by atoms with E-state index in [0.717, 1.165) is 12.8 Å². The topological polar surface area (TPSA) is 40.5 Å². The van der Waals surface area contributed by atoms with E-state index < -0.39 is 5.60 Å². The van der Waals surface area contributed by atoms with Crippen LogP contribution in [0.2, 0.25) is 0 Å². The number of allylic oxidation sites excluding steroid dienone is 2. The SMILES string of the molecule is CC(C)=CCC[C@@](C)(O)CCO. The van der Waals surface area contributed by atoms with Crippen molar-refractivity contribution < 1.29 is 10.2 Å². The van der Waals surface area contributed by atoms with Gasteiger partial charge < -0.3 is 10.2 Å². The van der Waals surface area contributed by atoms with Gasteiger partial charge in [-0.05, 0) is 40.0 Å². The molecule has 0 amide bonds. The molecule has 0 aliphatic carbocycles. The van der Waals surface area contributed by atoms with E-state index in [1.54, 1.807) is 6.92 Å². The van der Waals surface area contributed by atoms with Gasteiger partial charge in [-0.3, -0.25) is 0 Å². The number of rotatable bonds is 5. The van der Waals surface area contributed by atoms with Crippen LogP contribution < -0.4 is 0 Å². The van der Waals surface area contributed by atoms with Crippen LogP contribution in [0, 0.1) is 0 Å². The first-order chi connectivity index (χ1) is 5.48. The third kappa shape index (κ3) is 6.38. The third-order valence-corrected chi connectivity index (χ3v) is 1.89. The van der Waals surface area contributed by atoms with E-state index in [1.807, 2.05) is 13.8 Å². The van der Waals surface area contributed by atoms with E-state index in [2.05, 4.69) is 6.08 Å². The van der Waals surface area contributed by atoms with Gasteiger partial charge in [-0.1, -0.05) is 11.6 Å². The lowest BCUT2D eigenvalue weighted by Crippen LogP contribution is -2.24. The van der Waals surface area contributed by atoms with Gasteiger partial charge in [-0.15, -0.1) is 0 Å². The Kier molecular flexibility index (Phi) is 5.18. The molecule has 1 atom stereocenters. The predicted molar refractivity (Wildman–Crippen MR) is 51.0 cm³/mol. The van der Waals surface area contributed by atoms with Gasteiger partial charge in [0, 0.05) is 6.61 Å². The van der Waals surface area contributed by atoms with Crippen LogP contribution in [0.15, 0.2) is 11.6 Å². The van der Waals surface area contributed by atoms with Crippen molar-refractivity contribution in [1.82, 2.24) is 0 Å². The highest BCUT2D eigenvalue weighted by molar-refractivity contribution is 4.94. The van der Waals surface area contributed by atoms with Gasteiger partial charge >= 0.3 is 0 Å².